The van der Waals surface area contributed by atoms with Crippen LogP contribution in [0.3, 0.4) is 0 Å². The third-order valence-corrected chi connectivity index (χ3v) is 4.15. The van der Waals surface area contributed by atoms with E-state index in [4.69, 9.17) is 4.74 Å². The summed E-state index contributed by atoms with van der Waals surface area (Å²) in [7, 11) is 0. The van der Waals surface area contributed by atoms with E-state index in [1.54, 1.807) is 12.1 Å². The van der Waals surface area contributed by atoms with Crippen LogP contribution in [0.15, 0.2) is 22.7 Å². The van der Waals surface area contributed by atoms with Gasteiger partial charge in [0, 0.05) is 39.1 Å². The molecule has 2 rings (SSSR count). The topological polar surface area (TPSA) is 61.7 Å². The van der Waals surface area contributed by atoms with E-state index in [0.29, 0.717) is 49.2 Å². The molecule has 1 aromatic rings. The summed E-state index contributed by atoms with van der Waals surface area (Å²) in [5.41, 5.74) is -0.133. The van der Waals surface area contributed by atoms with Crippen LogP contribution in [-0.2, 0) is 4.74 Å². The number of rotatable bonds is 5. The zero-order chi connectivity index (χ0) is 14.6. The maximum atomic E-state index is 13.1. The van der Waals surface area contributed by atoms with E-state index in [2.05, 4.69) is 21.2 Å². The molecular weight excluding hydrogens is 329 g/mol. The molecule has 20 heavy (non-hydrogen) atoms. The van der Waals surface area contributed by atoms with Crippen molar-refractivity contribution in [2.24, 2.45) is 0 Å². The Hall–Kier alpha value is -0.530. The highest BCUT2D eigenvalue weighted by molar-refractivity contribution is 9.10. The first kappa shape index (κ1) is 15.9. The maximum absolute atomic E-state index is 13.1. The van der Waals surface area contributed by atoms with Crippen molar-refractivity contribution in [3.63, 3.8) is 0 Å². The predicted molar refractivity (Wildman–Crippen MR) is 76.9 cm³/mol. The second-order valence-electron chi connectivity index (χ2n) is 5.16. The molecule has 0 bridgehead atoms. The van der Waals surface area contributed by atoms with Gasteiger partial charge in [-0.2, -0.15) is 0 Å². The first-order valence-corrected chi connectivity index (χ1v) is 7.43. The molecule has 1 atom stereocenters. The number of hydrogen-bond donors (Lipinski definition) is 3. The molecule has 1 fully saturated rings. The maximum Gasteiger partial charge on any atom is 0.137 e. The molecule has 0 aliphatic carbocycles. The Morgan fingerprint density at radius 1 is 1.40 bits per heavy atom. The van der Waals surface area contributed by atoms with Crippen LogP contribution in [0.2, 0.25) is 0 Å². The highest BCUT2D eigenvalue weighted by atomic mass is 79.9. The average molecular weight is 348 g/mol. The van der Waals surface area contributed by atoms with Gasteiger partial charge in [0.25, 0.3) is 0 Å². The number of halogens is 2. The Balaban J connectivity index is 1.82. The lowest BCUT2D eigenvalue weighted by molar-refractivity contribution is -0.0623. The van der Waals surface area contributed by atoms with Crippen molar-refractivity contribution in [3.05, 3.63) is 34.1 Å². The third kappa shape index (κ3) is 4.23. The summed E-state index contributed by atoms with van der Waals surface area (Å²) in [6.07, 6.45) is 0.450. The number of nitrogens with one attached hydrogen (secondary N) is 1. The van der Waals surface area contributed by atoms with Gasteiger partial charge < -0.3 is 20.3 Å². The van der Waals surface area contributed by atoms with Crippen LogP contribution in [0.5, 0.6) is 0 Å². The van der Waals surface area contributed by atoms with Crippen LogP contribution < -0.4 is 5.32 Å². The minimum atomic E-state index is -0.763. The summed E-state index contributed by atoms with van der Waals surface area (Å²) in [5.74, 6) is -0.356. The smallest absolute Gasteiger partial charge is 0.137 e. The summed E-state index contributed by atoms with van der Waals surface area (Å²) >= 11 is 3.09. The van der Waals surface area contributed by atoms with Gasteiger partial charge in [0.1, 0.15) is 5.82 Å². The summed E-state index contributed by atoms with van der Waals surface area (Å²) in [4.78, 5) is 0. The van der Waals surface area contributed by atoms with Crippen molar-refractivity contribution in [1.82, 2.24) is 5.32 Å². The van der Waals surface area contributed by atoms with Crippen molar-refractivity contribution in [3.8, 4) is 0 Å². The Bertz CT molecular complexity index is 452. The molecule has 1 saturated heterocycles. The minimum absolute atomic E-state index is 0.307. The average Bonchev–Trinajstić information content (AvgIpc) is 2.42. The Morgan fingerprint density at radius 2 is 2.10 bits per heavy atom. The molecule has 3 N–H and O–H groups in total. The van der Waals surface area contributed by atoms with E-state index < -0.39 is 11.7 Å². The Labute approximate surface area is 126 Å². The first-order valence-electron chi connectivity index (χ1n) is 6.64. The normalized spacial score (nSPS) is 19.8. The third-order valence-electron chi connectivity index (χ3n) is 3.54. The monoisotopic (exact) mass is 347 g/mol. The van der Waals surface area contributed by atoms with Crippen molar-refractivity contribution in [2.45, 2.75) is 24.5 Å². The number of benzene rings is 1. The zero-order valence-electron chi connectivity index (χ0n) is 11.1. The second kappa shape index (κ2) is 6.95. The van der Waals surface area contributed by atoms with E-state index in [1.807, 2.05) is 0 Å². The molecule has 0 saturated carbocycles. The Morgan fingerprint density at radius 3 is 2.75 bits per heavy atom. The van der Waals surface area contributed by atoms with E-state index in [-0.39, 0.29) is 5.82 Å². The summed E-state index contributed by atoms with van der Waals surface area (Å²) in [5, 5.41) is 23.4. The molecule has 0 aromatic heterocycles. The summed E-state index contributed by atoms with van der Waals surface area (Å²) in [6, 6.07) is 4.43. The highest BCUT2D eigenvalue weighted by Crippen LogP contribution is 2.22. The molecule has 1 aliphatic rings. The molecule has 1 heterocycles. The van der Waals surface area contributed by atoms with Crippen molar-refractivity contribution < 1.29 is 19.3 Å². The molecule has 4 nitrogen and oxygen atoms in total. The standard InChI is InChI=1S/C14H19BrFNO3/c15-11-7-10(1-2-12(11)16)13(18)8-17-9-14(19)3-5-20-6-4-14/h1-2,7,13,17-19H,3-6,8-9H2. The summed E-state index contributed by atoms with van der Waals surface area (Å²) < 4.78 is 18.7. The lowest BCUT2D eigenvalue weighted by atomic mass is 9.94. The van der Waals surface area contributed by atoms with Gasteiger partial charge in [-0.15, -0.1) is 0 Å². The van der Waals surface area contributed by atoms with Gasteiger partial charge in [0.2, 0.25) is 0 Å². The number of aliphatic hydroxyl groups excluding tert-OH is 1. The first-order chi connectivity index (χ1) is 9.50. The van der Waals surface area contributed by atoms with Crippen LogP contribution in [0, 0.1) is 5.82 Å². The fraction of sp³-hybridized carbons (Fsp3) is 0.571. The molecule has 0 spiro atoms. The molecule has 0 radical (unpaired) electrons. The minimum Gasteiger partial charge on any atom is -0.388 e. The van der Waals surface area contributed by atoms with Crippen molar-refractivity contribution >= 4 is 15.9 Å². The van der Waals surface area contributed by atoms with E-state index in [1.165, 1.54) is 6.07 Å². The van der Waals surface area contributed by atoms with Gasteiger partial charge in [-0.1, -0.05) is 6.07 Å². The lowest BCUT2D eigenvalue weighted by Gasteiger charge is -2.32. The van der Waals surface area contributed by atoms with Gasteiger partial charge in [-0.3, -0.25) is 0 Å². The SMILES string of the molecule is OC(CNCC1(O)CCOCC1)c1ccc(F)c(Br)c1. The molecule has 1 unspecified atom stereocenters. The fourth-order valence-corrected chi connectivity index (χ4v) is 2.60. The molecule has 112 valence electrons. The van der Waals surface area contributed by atoms with E-state index in [0.717, 1.165) is 0 Å². The van der Waals surface area contributed by atoms with E-state index >= 15 is 0 Å². The fourth-order valence-electron chi connectivity index (χ4n) is 2.21. The van der Waals surface area contributed by atoms with Gasteiger partial charge in [-0.25, -0.2) is 4.39 Å². The lowest BCUT2D eigenvalue weighted by Crippen LogP contribution is -2.45. The van der Waals surface area contributed by atoms with E-state index in [9.17, 15) is 14.6 Å². The molecule has 0 amide bonds. The van der Waals surface area contributed by atoms with Gasteiger partial charge in [-0.05, 0) is 33.6 Å². The molecule has 6 heteroatoms. The summed E-state index contributed by atoms with van der Waals surface area (Å²) in [6.45, 7) is 1.84. The number of ether oxygens (including phenoxy) is 1. The largest absolute Gasteiger partial charge is 0.388 e. The zero-order valence-corrected chi connectivity index (χ0v) is 12.7. The predicted octanol–water partition coefficient (Wildman–Crippen LogP) is 1.75. The number of aliphatic hydroxyl groups is 2. The molecule has 1 aliphatic heterocycles. The molecule has 1 aromatic carbocycles. The van der Waals surface area contributed by atoms with Crippen LogP contribution in [-0.4, -0.2) is 42.1 Å². The molecular formula is C14H19BrFNO3. The number of hydrogen-bond acceptors (Lipinski definition) is 4. The van der Waals surface area contributed by atoms with Crippen LogP contribution >= 0.6 is 15.9 Å². The second-order valence-corrected chi connectivity index (χ2v) is 6.01. The van der Waals surface area contributed by atoms with Gasteiger partial charge in [0.05, 0.1) is 16.2 Å². The Kier molecular flexibility index (Phi) is 5.51. The van der Waals surface area contributed by atoms with Gasteiger partial charge in [0.15, 0.2) is 0 Å². The van der Waals surface area contributed by atoms with Gasteiger partial charge >= 0.3 is 0 Å². The van der Waals surface area contributed by atoms with Crippen LogP contribution in [0.4, 0.5) is 4.39 Å². The van der Waals surface area contributed by atoms with Crippen LogP contribution in [0.25, 0.3) is 0 Å². The van der Waals surface area contributed by atoms with Crippen LogP contribution in [0.1, 0.15) is 24.5 Å². The quantitative estimate of drug-likeness (QED) is 0.759. The van der Waals surface area contributed by atoms with Crippen molar-refractivity contribution in [2.75, 3.05) is 26.3 Å². The highest BCUT2D eigenvalue weighted by Gasteiger charge is 2.29. The van der Waals surface area contributed by atoms with Crippen molar-refractivity contribution in [1.29, 1.82) is 0 Å².